The third kappa shape index (κ3) is 4.41. The highest BCUT2D eigenvalue weighted by Crippen LogP contribution is 2.34. The van der Waals surface area contributed by atoms with Gasteiger partial charge in [0.15, 0.2) is 11.5 Å². The predicted octanol–water partition coefficient (Wildman–Crippen LogP) is 3.76. The first-order valence-electron chi connectivity index (χ1n) is 11.1. The first-order valence-corrected chi connectivity index (χ1v) is 12.5. The van der Waals surface area contributed by atoms with E-state index in [0.29, 0.717) is 37.6 Å². The van der Waals surface area contributed by atoms with Crippen LogP contribution in [0.1, 0.15) is 18.4 Å². The standard InChI is InChI=1S/C25H25NO6S/c27-25(32-17-20-6-3-5-18-4-1-2-7-22(18)20)19-10-12-26(13-11-19)33(28,29)21-8-9-23-24(16-21)31-15-14-30-23/h1-9,16,19H,10-15,17H2. The summed E-state index contributed by atoms with van der Waals surface area (Å²) >= 11 is 0. The van der Waals surface area contributed by atoms with Gasteiger partial charge >= 0.3 is 5.97 Å². The number of fused-ring (bicyclic) bond motifs is 2. The minimum atomic E-state index is -3.68. The van der Waals surface area contributed by atoms with Crippen LogP contribution in [0, 0.1) is 5.92 Å². The SMILES string of the molecule is O=C(OCc1cccc2ccccc12)C1CCN(S(=O)(=O)c2ccc3c(c2)OCCO3)CC1. The van der Waals surface area contributed by atoms with E-state index in [4.69, 9.17) is 14.2 Å². The molecule has 7 nitrogen and oxygen atoms in total. The van der Waals surface area contributed by atoms with Crippen molar-refractivity contribution >= 4 is 26.8 Å². The number of piperidine rings is 1. The van der Waals surface area contributed by atoms with Gasteiger partial charge in [0.2, 0.25) is 10.0 Å². The molecule has 0 unspecified atom stereocenters. The van der Waals surface area contributed by atoms with Crippen molar-refractivity contribution in [3.8, 4) is 11.5 Å². The third-order valence-electron chi connectivity index (χ3n) is 6.19. The summed E-state index contributed by atoms with van der Waals surface area (Å²) in [5, 5.41) is 2.16. The highest BCUT2D eigenvalue weighted by Gasteiger charge is 2.33. The van der Waals surface area contributed by atoms with Crippen LogP contribution in [0.25, 0.3) is 10.8 Å². The second kappa shape index (κ2) is 9.03. The lowest BCUT2D eigenvalue weighted by Gasteiger charge is -2.30. The van der Waals surface area contributed by atoms with Crippen molar-refractivity contribution in [3.05, 3.63) is 66.2 Å². The Kier molecular flexibility index (Phi) is 5.95. The Bertz CT molecular complexity index is 1280. The number of nitrogens with zero attached hydrogens (tertiary/aromatic N) is 1. The fourth-order valence-electron chi connectivity index (χ4n) is 4.35. The maximum absolute atomic E-state index is 13.1. The van der Waals surface area contributed by atoms with Gasteiger partial charge in [-0.05, 0) is 41.3 Å². The third-order valence-corrected chi connectivity index (χ3v) is 8.08. The normalized spacial score (nSPS) is 17.1. The van der Waals surface area contributed by atoms with Crippen LogP contribution in [-0.4, -0.2) is 45.0 Å². The number of carbonyl (C=O) groups is 1. The smallest absolute Gasteiger partial charge is 0.309 e. The number of carbonyl (C=O) groups excluding carboxylic acids is 1. The largest absolute Gasteiger partial charge is 0.486 e. The molecule has 0 atom stereocenters. The molecule has 0 N–H and O–H groups in total. The molecule has 2 heterocycles. The van der Waals surface area contributed by atoms with Crippen LogP contribution in [-0.2, 0) is 26.2 Å². The molecular weight excluding hydrogens is 442 g/mol. The molecule has 0 saturated carbocycles. The van der Waals surface area contributed by atoms with Crippen molar-refractivity contribution in [2.24, 2.45) is 5.92 Å². The minimum Gasteiger partial charge on any atom is -0.486 e. The van der Waals surface area contributed by atoms with Gasteiger partial charge in [-0.15, -0.1) is 0 Å². The average Bonchev–Trinajstić information content (AvgIpc) is 2.87. The number of hydrogen-bond donors (Lipinski definition) is 0. The molecule has 3 aromatic rings. The van der Waals surface area contributed by atoms with E-state index in [1.807, 2.05) is 42.5 Å². The van der Waals surface area contributed by atoms with Gasteiger partial charge in [0.1, 0.15) is 19.8 Å². The lowest BCUT2D eigenvalue weighted by molar-refractivity contribution is -0.151. The predicted molar refractivity (Wildman–Crippen MR) is 123 cm³/mol. The minimum absolute atomic E-state index is 0.170. The summed E-state index contributed by atoms with van der Waals surface area (Å²) in [6, 6.07) is 18.6. The molecule has 0 bridgehead atoms. The molecule has 0 spiro atoms. The summed E-state index contributed by atoms with van der Waals surface area (Å²) in [4.78, 5) is 12.8. The molecule has 3 aromatic carbocycles. The summed E-state index contributed by atoms with van der Waals surface area (Å²) in [6.45, 7) is 1.58. The fraction of sp³-hybridized carbons (Fsp3) is 0.320. The second-order valence-electron chi connectivity index (χ2n) is 8.23. The van der Waals surface area contributed by atoms with Gasteiger partial charge in [-0.25, -0.2) is 8.42 Å². The van der Waals surface area contributed by atoms with Gasteiger partial charge in [-0.2, -0.15) is 4.31 Å². The summed E-state index contributed by atoms with van der Waals surface area (Å²) in [7, 11) is -3.68. The van der Waals surface area contributed by atoms with Crippen LogP contribution < -0.4 is 9.47 Å². The van der Waals surface area contributed by atoms with Crippen molar-refractivity contribution in [2.45, 2.75) is 24.3 Å². The quantitative estimate of drug-likeness (QED) is 0.532. The summed E-state index contributed by atoms with van der Waals surface area (Å²) in [6.07, 6.45) is 0.857. The Morgan fingerprint density at radius 3 is 2.48 bits per heavy atom. The fourth-order valence-corrected chi connectivity index (χ4v) is 5.84. The molecule has 0 aliphatic carbocycles. The number of hydrogen-bond acceptors (Lipinski definition) is 6. The lowest BCUT2D eigenvalue weighted by Crippen LogP contribution is -2.40. The molecule has 33 heavy (non-hydrogen) atoms. The van der Waals surface area contributed by atoms with Gasteiger partial charge in [0, 0.05) is 19.2 Å². The van der Waals surface area contributed by atoms with E-state index >= 15 is 0 Å². The molecule has 172 valence electrons. The van der Waals surface area contributed by atoms with Gasteiger partial charge in [-0.3, -0.25) is 4.79 Å². The molecule has 2 aliphatic rings. The molecule has 0 radical (unpaired) electrons. The number of ether oxygens (including phenoxy) is 3. The molecule has 1 fully saturated rings. The van der Waals surface area contributed by atoms with E-state index in [-0.39, 0.29) is 36.5 Å². The van der Waals surface area contributed by atoms with Gasteiger partial charge in [0.05, 0.1) is 10.8 Å². The highest BCUT2D eigenvalue weighted by molar-refractivity contribution is 7.89. The zero-order valence-corrected chi connectivity index (χ0v) is 18.9. The monoisotopic (exact) mass is 467 g/mol. The van der Waals surface area contributed by atoms with Crippen LogP contribution in [0.4, 0.5) is 0 Å². The summed E-state index contributed by atoms with van der Waals surface area (Å²) < 4.78 is 44.2. The van der Waals surface area contributed by atoms with E-state index in [1.54, 1.807) is 6.07 Å². The molecule has 2 aliphatic heterocycles. The van der Waals surface area contributed by atoms with Crippen molar-refractivity contribution in [2.75, 3.05) is 26.3 Å². The van der Waals surface area contributed by atoms with Crippen LogP contribution in [0.5, 0.6) is 11.5 Å². The van der Waals surface area contributed by atoms with Gasteiger partial charge in [-0.1, -0.05) is 42.5 Å². The van der Waals surface area contributed by atoms with Crippen molar-refractivity contribution < 1.29 is 27.4 Å². The van der Waals surface area contributed by atoms with Crippen LogP contribution in [0.2, 0.25) is 0 Å². The zero-order valence-electron chi connectivity index (χ0n) is 18.1. The van der Waals surface area contributed by atoms with Crippen LogP contribution >= 0.6 is 0 Å². The van der Waals surface area contributed by atoms with E-state index < -0.39 is 10.0 Å². The molecule has 0 aromatic heterocycles. The lowest BCUT2D eigenvalue weighted by atomic mass is 9.98. The van der Waals surface area contributed by atoms with Crippen LogP contribution in [0.15, 0.2) is 65.6 Å². The second-order valence-corrected chi connectivity index (χ2v) is 10.2. The summed E-state index contributed by atoms with van der Waals surface area (Å²) in [5.41, 5.74) is 0.958. The Morgan fingerprint density at radius 1 is 0.939 bits per heavy atom. The Morgan fingerprint density at radius 2 is 1.67 bits per heavy atom. The maximum atomic E-state index is 13.1. The first kappa shape index (κ1) is 21.7. The summed E-state index contributed by atoms with van der Waals surface area (Å²) in [5.74, 6) is 0.396. The number of sulfonamides is 1. The number of benzene rings is 3. The average molecular weight is 468 g/mol. The first-order chi connectivity index (χ1) is 16.0. The Labute approximate surface area is 192 Å². The Hall–Kier alpha value is -3.10. The van der Waals surface area contributed by atoms with Gasteiger partial charge < -0.3 is 14.2 Å². The molecular formula is C25H25NO6S. The van der Waals surface area contributed by atoms with E-state index in [0.717, 1.165) is 16.3 Å². The topological polar surface area (TPSA) is 82.1 Å². The molecule has 1 saturated heterocycles. The van der Waals surface area contributed by atoms with E-state index in [9.17, 15) is 13.2 Å². The molecule has 5 rings (SSSR count). The van der Waals surface area contributed by atoms with Gasteiger partial charge in [0.25, 0.3) is 0 Å². The Balaban J connectivity index is 1.20. The molecule has 8 heteroatoms. The van der Waals surface area contributed by atoms with Crippen molar-refractivity contribution in [1.29, 1.82) is 0 Å². The van der Waals surface area contributed by atoms with Crippen molar-refractivity contribution in [1.82, 2.24) is 4.31 Å². The van der Waals surface area contributed by atoms with E-state index in [1.165, 1.54) is 16.4 Å². The highest BCUT2D eigenvalue weighted by atomic mass is 32.2. The van der Waals surface area contributed by atoms with E-state index in [2.05, 4.69) is 0 Å². The number of rotatable bonds is 5. The van der Waals surface area contributed by atoms with Crippen molar-refractivity contribution in [3.63, 3.8) is 0 Å². The number of esters is 1. The maximum Gasteiger partial charge on any atom is 0.309 e. The van der Waals surface area contributed by atoms with Crippen LogP contribution in [0.3, 0.4) is 0 Å². The molecule has 0 amide bonds. The zero-order chi connectivity index (χ0) is 22.8.